The van der Waals surface area contributed by atoms with E-state index in [-0.39, 0.29) is 6.04 Å². The minimum absolute atomic E-state index is 0.268. The Kier molecular flexibility index (Phi) is 4.75. The highest BCUT2D eigenvalue weighted by Gasteiger charge is 2.31. The molecule has 1 aliphatic heterocycles. The first-order valence-corrected chi connectivity index (χ1v) is 6.83. The predicted molar refractivity (Wildman–Crippen MR) is 74.4 cm³/mol. The van der Waals surface area contributed by atoms with Crippen LogP contribution in [0.4, 0.5) is 0 Å². The Morgan fingerprint density at radius 2 is 2.06 bits per heavy atom. The van der Waals surface area contributed by atoms with Crippen molar-refractivity contribution < 1.29 is 4.74 Å². The normalized spacial score (nSPS) is 24.6. The molecule has 1 aromatic rings. The van der Waals surface area contributed by atoms with Gasteiger partial charge in [0.25, 0.3) is 0 Å². The Morgan fingerprint density at radius 3 is 2.67 bits per heavy atom. The maximum Gasteiger partial charge on any atom is 0.0713 e. The quantitative estimate of drug-likeness (QED) is 0.869. The molecule has 3 nitrogen and oxygen atoms in total. The number of methoxy groups -OCH3 is 1. The van der Waals surface area contributed by atoms with Gasteiger partial charge in [0.1, 0.15) is 0 Å². The van der Waals surface area contributed by atoms with Crippen LogP contribution in [0, 0.1) is 0 Å². The molecule has 2 atom stereocenters. The lowest BCUT2D eigenvalue weighted by Gasteiger charge is -2.26. The van der Waals surface area contributed by atoms with Crippen molar-refractivity contribution in [1.29, 1.82) is 0 Å². The maximum atomic E-state index is 6.26. The summed E-state index contributed by atoms with van der Waals surface area (Å²) in [6, 6.07) is 9.35. The molecule has 2 rings (SSSR count). The molecule has 2 unspecified atom stereocenters. The first-order valence-electron chi connectivity index (χ1n) is 6.83. The lowest BCUT2D eigenvalue weighted by molar-refractivity contribution is 0.185. The van der Waals surface area contributed by atoms with Crippen molar-refractivity contribution in [2.24, 2.45) is 5.73 Å². The Hall–Kier alpha value is -0.900. The minimum Gasteiger partial charge on any atom is -0.380 e. The Balaban J connectivity index is 2.12. The van der Waals surface area contributed by atoms with Gasteiger partial charge in [0.05, 0.1) is 6.61 Å². The molecular formula is C15H24N2O. The number of hydrogen-bond donors (Lipinski definition) is 1. The van der Waals surface area contributed by atoms with Gasteiger partial charge in [0.15, 0.2) is 0 Å². The Labute approximate surface area is 110 Å². The largest absolute Gasteiger partial charge is 0.380 e. The molecule has 0 aliphatic carbocycles. The fraction of sp³-hybridized carbons (Fsp3) is 0.600. The molecule has 100 valence electrons. The summed E-state index contributed by atoms with van der Waals surface area (Å²) >= 11 is 0. The highest BCUT2D eigenvalue weighted by atomic mass is 16.5. The van der Waals surface area contributed by atoms with Crippen molar-refractivity contribution in [2.45, 2.75) is 38.5 Å². The van der Waals surface area contributed by atoms with Crippen LogP contribution >= 0.6 is 0 Å². The number of rotatable bonds is 5. The molecule has 1 heterocycles. The topological polar surface area (TPSA) is 38.5 Å². The molecule has 0 radical (unpaired) electrons. The van der Waals surface area contributed by atoms with Gasteiger partial charge in [-0.2, -0.15) is 0 Å². The molecule has 0 saturated carbocycles. The molecule has 1 aliphatic rings. The number of nitrogens with zero attached hydrogens (tertiary/aromatic N) is 1. The van der Waals surface area contributed by atoms with E-state index >= 15 is 0 Å². The molecule has 0 amide bonds. The first kappa shape index (κ1) is 13.5. The molecule has 1 fully saturated rings. The van der Waals surface area contributed by atoms with E-state index in [4.69, 9.17) is 10.5 Å². The third-order valence-electron chi connectivity index (χ3n) is 3.69. The zero-order valence-corrected chi connectivity index (χ0v) is 11.4. The van der Waals surface area contributed by atoms with Crippen molar-refractivity contribution in [3.05, 3.63) is 35.4 Å². The van der Waals surface area contributed by atoms with E-state index in [2.05, 4.69) is 36.1 Å². The summed E-state index contributed by atoms with van der Waals surface area (Å²) in [5, 5.41) is 0. The van der Waals surface area contributed by atoms with Gasteiger partial charge in [0, 0.05) is 25.7 Å². The molecule has 0 bridgehead atoms. The van der Waals surface area contributed by atoms with Crippen LogP contribution in [0.15, 0.2) is 24.3 Å². The van der Waals surface area contributed by atoms with Crippen molar-refractivity contribution >= 4 is 0 Å². The molecule has 18 heavy (non-hydrogen) atoms. The highest BCUT2D eigenvalue weighted by molar-refractivity contribution is 5.26. The summed E-state index contributed by atoms with van der Waals surface area (Å²) in [4.78, 5) is 2.51. The van der Waals surface area contributed by atoms with E-state index in [0.717, 1.165) is 19.5 Å². The van der Waals surface area contributed by atoms with Crippen molar-refractivity contribution in [2.75, 3.05) is 20.2 Å². The molecule has 0 spiro atoms. The molecular weight excluding hydrogens is 224 g/mol. The number of hydrogen-bond acceptors (Lipinski definition) is 3. The fourth-order valence-corrected chi connectivity index (χ4v) is 2.86. The van der Waals surface area contributed by atoms with E-state index in [0.29, 0.717) is 12.6 Å². The van der Waals surface area contributed by atoms with Crippen molar-refractivity contribution in [1.82, 2.24) is 4.90 Å². The van der Waals surface area contributed by atoms with E-state index in [1.165, 1.54) is 17.5 Å². The molecule has 1 saturated heterocycles. The highest BCUT2D eigenvalue weighted by Crippen LogP contribution is 2.31. The monoisotopic (exact) mass is 248 g/mol. The van der Waals surface area contributed by atoms with Gasteiger partial charge in [-0.05, 0) is 30.5 Å². The van der Waals surface area contributed by atoms with E-state index in [9.17, 15) is 0 Å². The van der Waals surface area contributed by atoms with Gasteiger partial charge in [-0.1, -0.05) is 31.2 Å². The number of nitrogens with two attached hydrogens (primary N) is 1. The number of likely N-dealkylation sites (tertiary alicyclic amines) is 1. The average Bonchev–Trinajstić information content (AvgIpc) is 2.73. The lowest BCUT2D eigenvalue weighted by Crippen LogP contribution is -2.32. The van der Waals surface area contributed by atoms with Crippen molar-refractivity contribution in [3.63, 3.8) is 0 Å². The van der Waals surface area contributed by atoms with Crippen LogP contribution in [0.25, 0.3) is 0 Å². The first-order chi connectivity index (χ1) is 8.76. The second-order valence-corrected chi connectivity index (χ2v) is 5.11. The smallest absolute Gasteiger partial charge is 0.0713 e. The molecule has 2 N–H and O–H groups in total. The van der Waals surface area contributed by atoms with Gasteiger partial charge in [-0.3, -0.25) is 4.90 Å². The molecule has 3 heteroatoms. The standard InChI is InChI=1S/C15H24N2O/c1-3-9-17-10-8-14(16)15(17)13-6-4-12(5-7-13)11-18-2/h4-7,14-15H,3,8-11,16H2,1-2H3. The number of benzene rings is 1. The lowest BCUT2D eigenvalue weighted by atomic mass is 9.99. The van der Waals surface area contributed by atoms with Gasteiger partial charge < -0.3 is 10.5 Å². The Morgan fingerprint density at radius 1 is 1.33 bits per heavy atom. The zero-order chi connectivity index (χ0) is 13.0. The average molecular weight is 248 g/mol. The van der Waals surface area contributed by atoms with Crippen LogP contribution in [0.3, 0.4) is 0 Å². The van der Waals surface area contributed by atoms with Crippen LogP contribution < -0.4 is 5.73 Å². The summed E-state index contributed by atoms with van der Waals surface area (Å²) < 4.78 is 5.14. The summed E-state index contributed by atoms with van der Waals surface area (Å²) in [6.45, 7) is 5.16. The summed E-state index contributed by atoms with van der Waals surface area (Å²) in [5.41, 5.74) is 8.82. The minimum atomic E-state index is 0.268. The van der Waals surface area contributed by atoms with Crippen LogP contribution in [0.2, 0.25) is 0 Å². The van der Waals surface area contributed by atoms with Gasteiger partial charge in [-0.25, -0.2) is 0 Å². The SMILES string of the molecule is CCCN1CCC(N)C1c1ccc(COC)cc1. The van der Waals surface area contributed by atoms with E-state index in [1.807, 2.05) is 0 Å². The third kappa shape index (κ3) is 2.91. The summed E-state index contributed by atoms with van der Waals surface area (Å²) in [5.74, 6) is 0. The van der Waals surface area contributed by atoms with Crippen LogP contribution in [-0.4, -0.2) is 31.1 Å². The molecule has 1 aromatic carbocycles. The second kappa shape index (κ2) is 6.32. The van der Waals surface area contributed by atoms with E-state index < -0.39 is 0 Å². The summed E-state index contributed by atoms with van der Waals surface area (Å²) in [6.07, 6.45) is 2.29. The zero-order valence-electron chi connectivity index (χ0n) is 11.4. The third-order valence-corrected chi connectivity index (χ3v) is 3.69. The van der Waals surface area contributed by atoms with Crippen LogP contribution in [-0.2, 0) is 11.3 Å². The van der Waals surface area contributed by atoms with Gasteiger partial charge in [-0.15, -0.1) is 0 Å². The fourth-order valence-electron chi connectivity index (χ4n) is 2.86. The second-order valence-electron chi connectivity index (χ2n) is 5.11. The summed E-state index contributed by atoms with van der Waals surface area (Å²) in [7, 11) is 1.73. The molecule has 0 aromatic heterocycles. The maximum absolute atomic E-state index is 6.26. The van der Waals surface area contributed by atoms with Gasteiger partial charge >= 0.3 is 0 Å². The van der Waals surface area contributed by atoms with Gasteiger partial charge in [0.2, 0.25) is 0 Å². The van der Waals surface area contributed by atoms with Crippen LogP contribution in [0.5, 0.6) is 0 Å². The van der Waals surface area contributed by atoms with Crippen LogP contribution in [0.1, 0.15) is 36.9 Å². The Bertz CT molecular complexity index is 361. The van der Waals surface area contributed by atoms with E-state index in [1.54, 1.807) is 7.11 Å². The predicted octanol–water partition coefficient (Wildman–Crippen LogP) is 2.32. The number of ether oxygens (including phenoxy) is 1. The van der Waals surface area contributed by atoms with Crippen molar-refractivity contribution in [3.8, 4) is 0 Å².